The largest absolute Gasteiger partial charge is 0.309 e. The average molecular weight is 715 g/mol. The fourth-order valence-corrected chi connectivity index (χ4v) is 8.26. The van der Waals surface area contributed by atoms with Crippen LogP contribution in [-0.4, -0.2) is 4.57 Å². The molecule has 2 nitrogen and oxygen atoms in total. The van der Waals surface area contributed by atoms with Gasteiger partial charge in [-0.2, -0.15) is 0 Å². The zero-order valence-electron chi connectivity index (χ0n) is 30.8. The monoisotopic (exact) mass is 714 g/mol. The summed E-state index contributed by atoms with van der Waals surface area (Å²) in [4.78, 5) is 2.43. The lowest BCUT2D eigenvalue weighted by Crippen LogP contribution is -2.12. The van der Waals surface area contributed by atoms with E-state index < -0.39 is 0 Å². The van der Waals surface area contributed by atoms with Gasteiger partial charge in [-0.25, -0.2) is 0 Å². The molecule has 0 spiro atoms. The van der Waals surface area contributed by atoms with E-state index in [9.17, 15) is 0 Å². The van der Waals surface area contributed by atoms with Gasteiger partial charge in [-0.05, 0) is 81.9 Å². The van der Waals surface area contributed by atoms with Crippen molar-refractivity contribution >= 4 is 38.9 Å². The molecule has 0 saturated carbocycles. The number of aromatic nitrogens is 1. The van der Waals surface area contributed by atoms with Crippen molar-refractivity contribution in [3.05, 3.63) is 231 Å². The second-order valence-corrected chi connectivity index (χ2v) is 14.1. The molecular weight excluding hydrogens is 677 g/mol. The van der Waals surface area contributed by atoms with Gasteiger partial charge in [0.15, 0.2) is 0 Å². The van der Waals surface area contributed by atoms with Gasteiger partial charge < -0.3 is 9.47 Å². The maximum atomic E-state index is 2.43. The Morgan fingerprint density at radius 1 is 0.286 bits per heavy atom. The summed E-state index contributed by atoms with van der Waals surface area (Å²) in [6.07, 6.45) is 0. The Morgan fingerprint density at radius 3 is 1.27 bits per heavy atom. The van der Waals surface area contributed by atoms with Crippen LogP contribution in [0.3, 0.4) is 0 Å². The van der Waals surface area contributed by atoms with Gasteiger partial charge in [-0.1, -0.05) is 182 Å². The van der Waals surface area contributed by atoms with Crippen molar-refractivity contribution in [3.8, 4) is 50.2 Å². The van der Waals surface area contributed by atoms with Crippen LogP contribution in [0.5, 0.6) is 0 Å². The van der Waals surface area contributed by atoms with Gasteiger partial charge in [0, 0.05) is 33.3 Å². The molecule has 0 amide bonds. The number of fused-ring (bicyclic) bond motifs is 3. The first-order chi connectivity index (χ1) is 27.8. The van der Waals surface area contributed by atoms with Gasteiger partial charge in [0.2, 0.25) is 0 Å². The molecule has 0 atom stereocenters. The Kier molecular flexibility index (Phi) is 8.55. The predicted octanol–water partition coefficient (Wildman–Crippen LogP) is 14.9. The van der Waals surface area contributed by atoms with E-state index in [-0.39, 0.29) is 0 Å². The molecule has 10 rings (SSSR count). The minimum absolute atomic E-state index is 1.08. The van der Waals surface area contributed by atoms with Crippen LogP contribution < -0.4 is 4.90 Å². The van der Waals surface area contributed by atoms with E-state index in [0.29, 0.717) is 0 Å². The smallest absolute Gasteiger partial charge is 0.0541 e. The van der Waals surface area contributed by atoms with E-state index in [4.69, 9.17) is 0 Å². The third-order valence-electron chi connectivity index (χ3n) is 10.8. The van der Waals surface area contributed by atoms with E-state index in [1.165, 1.54) is 55.2 Å². The van der Waals surface area contributed by atoms with Crippen LogP contribution in [0.2, 0.25) is 0 Å². The highest BCUT2D eigenvalue weighted by atomic mass is 15.1. The molecule has 0 unspecified atom stereocenters. The number of para-hydroxylation sites is 4. The van der Waals surface area contributed by atoms with E-state index in [2.05, 4.69) is 240 Å². The van der Waals surface area contributed by atoms with Crippen LogP contribution in [0, 0.1) is 0 Å². The first-order valence-electron chi connectivity index (χ1n) is 19.2. The van der Waals surface area contributed by atoms with E-state index in [1.54, 1.807) is 0 Å². The topological polar surface area (TPSA) is 8.17 Å². The van der Waals surface area contributed by atoms with Gasteiger partial charge in [0.25, 0.3) is 0 Å². The number of rotatable bonds is 8. The van der Waals surface area contributed by atoms with E-state index in [0.717, 1.165) is 33.9 Å². The predicted molar refractivity (Wildman–Crippen MR) is 237 cm³/mol. The summed E-state index contributed by atoms with van der Waals surface area (Å²) in [5, 5.41) is 2.51. The highest BCUT2D eigenvalue weighted by molar-refractivity contribution is 6.09. The summed E-state index contributed by atoms with van der Waals surface area (Å²) in [5.74, 6) is 0. The van der Waals surface area contributed by atoms with Crippen LogP contribution in [0.15, 0.2) is 231 Å². The summed E-state index contributed by atoms with van der Waals surface area (Å²) in [7, 11) is 0. The summed E-state index contributed by atoms with van der Waals surface area (Å²) in [6, 6.07) is 83.0. The molecule has 2 heteroatoms. The number of hydrogen-bond donors (Lipinski definition) is 0. The highest BCUT2D eigenvalue weighted by Gasteiger charge is 2.21. The molecule has 0 bridgehead atoms. The first-order valence-corrected chi connectivity index (χ1v) is 19.2. The van der Waals surface area contributed by atoms with Crippen LogP contribution in [0.4, 0.5) is 17.1 Å². The Bertz CT molecular complexity index is 2910. The van der Waals surface area contributed by atoms with Gasteiger partial charge in [0.05, 0.1) is 22.4 Å². The standard InChI is InChI=1S/C54H38N2/c1-3-18-39(19-4-1)45-24-7-8-25-46(45)41-34-36-43(37-35-41)55(51-30-13-9-26-47(51)40-20-5-2-6-21-40)52-31-14-10-27-48(52)42-22-17-23-44(38-42)56-53-32-15-11-28-49(53)50-29-12-16-33-54(50)56/h1-38H. The molecule has 9 aromatic carbocycles. The van der Waals surface area contributed by atoms with Crippen molar-refractivity contribution < 1.29 is 0 Å². The zero-order chi connectivity index (χ0) is 37.3. The maximum Gasteiger partial charge on any atom is 0.0541 e. The van der Waals surface area contributed by atoms with Crippen LogP contribution in [0.25, 0.3) is 72.0 Å². The third-order valence-corrected chi connectivity index (χ3v) is 10.8. The molecule has 56 heavy (non-hydrogen) atoms. The Morgan fingerprint density at radius 2 is 0.696 bits per heavy atom. The highest BCUT2D eigenvalue weighted by Crippen LogP contribution is 2.46. The maximum absolute atomic E-state index is 2.43. The number of nitrogens with zero attached hydrogens (tertiary/aromatic N) is 2. The summed E-state index contributed by atoms with van der Waals surface area (Å²) >= 11 is 0. The summed E-state index contributed by atoms with van der Waals surface area (Å²) in [5.41, 5.74) is 16.3. The number of anilines is 3. The van der Waals surface area contributed by atoms with Crippen molar-refractivity contribution in [3.63, 3.8) is 0 Å². The van der Waals surface area contributed by atoms with E-state index >= 15 is 0 Å². The van der Waals surface area contributed by atoms with Gasteiger partial charge >= 0.3 is 0 Å². The normalized spacial score (nSPS) is 11.2. The third kappa shape index (κ3) is 5.95. The Balaban J connectivity index is 1.14. The zero-order valence-corrected chi connectivity index (χ0v) is 30.8. The molecule has 0 saturated heterocycles. The summed E-state index contributed by atoms with van der Waals surface area (Å²) < 4.78 is 2.39. The van der Waals surface area contributed by atoms with Crippen molar-refractivity contribution in [1.82, 2.24) is 4.57 Å². The fraction of sp³-hybridized carbons (Fsp3) is 0. The molecule has 0 aliphatic rings. The molecule has 1 heterocycles. The lowest BCUT2D eigenvalue weighted by atomic mass is 9.94. The second kappa shape index (κ2) is 14.4. The van der Waals surface area contributed by atoms with Crippen LogP contribution >= 0.6 is 0 Å². The van der Waals surface area contributed by atoms with E-state index in [1.807, 2.05) is 0 Å². The number of hydrogen-bond acceptors (Lipinski definition) is 1. The molecule has 0 aliphatic carbocycles. The molecule has 0 aliphatic heterocycles. The van der Waals surface area contributed by atoms with Crippen LogP contribution in [0.1, 0.15) is 0 Å². The Hall–Kier alpha value is -7.42. The molecule has 0 radical (unpaired) electrons. The fourth-order valence-electron chi connectivity index (χ4n) is 8.26. The van der Waals surface area contributed by atoms with Crippen molar-refractivity contribution in [2.75, 3.05) is 4.90 Å². The molecule has 0 N–H and O–H groups in total. The van der Waals surface area contributed by atoms with Gasteiger partial charge in [-0.15, -0.1) is 0 Å². The van der Waals surface area contributed by atoms with Crippen molar-refractivity contribution in [1.29, 1.82) is 0 Å². The van der Waals surface area contributed by atoms with Crippen molar-refractivity contribution in [2.24, 2.45) is 0 Å². The molecule has 264 valence electrons. The van der Waals surface area contributed by atoms with Gasteiger partial charge in [0.1, 0.15) is 0 Å². The second-order valence-electron chi connectivity index (χ2n) is 14.1. The lowest BCUT2D eigenvalue weighted by molar-refractivity contribution is 1.18. The number of benzene rings is 9. The Labute approximate surface area is 327 Å². The first kappa shape index (κ1) is 33.2. The minimum Gasteiger partial charge on any atom is -0.309 e. The lowest BCUT2D eigenvalue weighted by Gasteiger charge is -2.30. The van der Waals surface area contributed by atoms with Crippen LogP contribution in [-0.2, 0) is 0 Å². The SMILES string of the molecule is c1ccc(-c2ccccc2-c2ccc(N(c3ccccc3-c3ccccc3)c3ccccc3-c3cccc(-n4c5ccccc5c5ccccc54)c3)cc2)cc1. The minimum atomic E-state index is 1.08. The summed E-state index contributed by atoms with van der Waals surface area (Å²) in [6.45, 7) is 0. The average Bonchev–Trinajstić information content (AvgIpc) is 3.62. The molecular formula is C54H38N2. The molecule has 1 aromatic heterocycles. The van der Waals surface area contributed by atoms with Crippen molar-refractivity contribution in [2.45, 2.75) is 0 Å². The molecule has 0 fully saturated rings. The van der Waals surface area contributed by atoms with Gasteiger partial charge in [-0.3, -0.25) is 0 Å². The quantitative estimate of drug-likeness (QED) is 0.152. The molecule has 10 aromatic rings.